The SMILES string of the molecule is NCCCCC(NC(=O)C(CCCN=C(N)N)NC(=O)C(CCCCN)NC(=O)CCC(=O)OC(CO)C1OC(=O)C(OP(=O)(O)O)=C1O)C(=O)O. The molecule has 5 atom stereocenters. The summed E-state index contributed by atoms with van der Waals surface area (Å²) in [6, 6.07) is -3.77. The van der Waals surface area contributed by atoms with Gasteiger partial charge in [0.2, 0.25) is 23.8 Å². The number of carbonyl (C=O) groups excluding carboxylic acids is 5. The number of unbranched alkanes of at least 4 members (excludes halogenated alkanes) is 2. The van der Waals surface area contributed by atoms with E-state index < -0.39 is 105 Å². The van der Waals surface area contributed by atoms with E-state index in [9.17, 15) is 48.7 Å². The Morgan fingerprint density at radius 3 is 1.92 bits per heavy atom. The summed E-state index contributed by atoms with van der Waals surface area (Å²) >= 11 is 0. The number of nitrogens with zero attached hydrogens (tertiary/aromatic N) is 1. The van der Waals surface area contributed by atoms with Crippen LogP contribution >= 0.6 is 7.82 Å². The molecule has 0 saturated heterocycles. The summed E-state index contributed by atoms with van der Waals surface area (Å²) in [6.07, 6.45) is -2.75. The zero-order valence-corrected chi connectivity index (χ0v) is 29.2. The summed E-state index contributed by atoms with van der Waals surface area (Å²) in [7, 11) is -5.30. The van der Waals surface area contributed by atoms with Gasteiger partial charge in [-0.05, 0) is 64.5 Å². The van der Waals surface area contributed by atoms with Crippen molar-refractivity contribution in [2.75, 3.05) is 26.2 Å². The molecule has 24 heteroatoms. The van der Waals surface area contributed by atoms with Crippen LogP contribution in [0.3, 0.4) is 0 Å². The summed E-state index contributed by atoms with van der Waals surface area (Å²) in [5, 5.41) is 36.8. The van der Waals surface area contributed by atoms with Crippen molar-refractivity contribution < 1.29 is 72.4 Å². The first-order valence-electron chi connectivity index (χ1n) is 16.2. The van der Waals surface area contributed by atoms with Gasteiger partial charge in [-0.25, -0.2) is 14.2 Å². The number of aliphatic carboxylic acids is 1. The fraction of sp³-hybridized carbons (Fsp3) is 0.679. The molecule has 16 N–H and O–H groups in total. The molecule has 1 aliphatic rings. The number of amides is 3. The van der Waals surface area contributed by atoms with E-state index in [2.05, 4.69) is 25.5 Å². The Bertz CT molecular complexity index is 1350. The molecule has 0 aromatic heterocycles. The molecule has 5 unspecified atom stereocenters. The van der Waals surface area contributed by atoms with Crippen molar-refractivity contribution in [3.63, 3.8) is 0 Å². The van der Waals surface area contributed by atoms with Crippen molar-refractivity contribution in [3.05, 3.63) is 11.5 Å². The van der Waals surface area contributed by atoms with Gasteiger partial charge < -0.3 is 68.2 Å². The lowest BCUT2D eigenvalue weighted by atomic mass is 10.0. The van der Waals surface area contributed by atoms with Crippen molar-refractivity contribution >= 4 is 49.4 Å². The first-order chi connectivity index (χ1) is 24.4. The van der Waals surface area contributed by atoms with Crippen LogP contribution in [0.4, 0.5) is 0 Å². The number of nitrogens with two attached hydrogens (primary N) is 4. The number of cyclic esters (lactones) is 1. The zero-order valence-electron chi connectivity index (χ0n) is 28.3. The first kappa shape index (κ1) is 45.5. The molecule has 1 heterocycles. The smallest absolute Gasteiger partial charge is 0.505 e. The number of aliphatic imine (C=N–C) groups is 1. The number of carboxylic acid groups (broad SMARTS) is 1. The van der Waals surface area contributed by atoms with Crippen molar-refractivity contribution in [3.8, 4) is 0 Å². The molecule has 1 aliphatic heterocycles. The number of aliphatic hydroxyl groups excluding tert-OH is 2. The predicted octanol–water partition coefficient (Wildman–Crippen LogP) is -3.67. The highest BCUT2D eigenvalue weighted by Gasteiger charge is 2.45. The monoisotopic (exact) mass is 768 g/mol. The Morgan fingerprint density at radius 2 is 1.40 bits per heavy atom. The van der Waals surface area contributed by atoms with Crippen LogP contribution in [0, 0.1) is 0 Å². The fourth-order valence-corrected chi connectivity index (χ4v) is 5.05. The minimum atomic E-state index is -5.30. The number of carboxylic acids is 1. The number of rotatable bonds is 26. The molecule has 0 aliphatic carbocycles. The van der Waals surface area contributed by atoms with E-state index in [1.165, 1.54) is 0 Å². The average molecular weight is 769 g/mol. The molecule has 0 aromatic carbocycles. The molecule has 296 valence electrons. The Labute approximate surface area is 298 Å². The lowest BCUT2D eigenvalue weighted by Crippen LogP contribution is -2.55. The largest absolute Gasteiger partial charge is 0.525 e. The molecule has 0 fully saturated rings. The van der Waals surface area contributed by atoms with Crippen molar-refractivity contribution in [2.24, 2.45) is 27.9 Å². The lowest BCUT2D eigenvalue weighted by molar-refractivity contribution is -0.165. The van der Waals surface area contributed by atoms with E-state index in [0.29, 0.717) is 32.2 Å². The van der Waals surface area contributed by atoms with Gasteiger partial charge >= 0.3 is 25.7 Å². The predicted molar refractivity (Wildman–Crippen MR) is 178 cm³/mol. The molecule has 52 heavy (non-hydrogen) atoms. The second kappa shape index (κ2) is 23.1. The number of aliphatic hydroxyl groups is 2. The zero-order chi connectivity index (χ0) is 39.4. The molecule has 0 aromatic rings. The molecule has 0 spiro atoms. The summed E-state index contributed by atoms with van der Waals surface area (Å²) < 4.78 is 24.8. The summed E-state index contributed by atoms with van der Waals surface area (Å²) in [4.78, 5) is 97.3. The van der Waals surface area contributed by atoms with Crippen LogP contribution in [0.1, 0.15) is 64.2 Å². The van der Waals surface area contributed by atoms with Crippen LogP contribution in [0.25, 0.3) is 0 Å². The van der Waals surface area contributed by atoms with E-state index in [1.807, 2.05) is 0 Å². The Hall–Kier alpha value is -4.54. The third-order valence-electron chi connectivity index (χ3n) is 7.23. The number of phosphoric ester groups is 1. The minimum absolute atomic E-state index is 0.0151. The van der Waals surface area contributed by atoms with E-state index in [4.69, 9.17) is 42.2 Å². The Morgan fingerprint density at radius 1 is 0.865 bits per heavy atom. The number of phosphoric acid groups is 1. The van der Waals surface area contributed by atoms with Gasteiger partial charge in [-0.15, -0.1) is 0 Å². The van der Waals surface area contributed by atoms with Crippen LogP contribution < -0.4 is 38.9 Å². The van der Waals surface area contributed by atoms with Crippen LogP contribution in [-0.2, 0) is 47.3 Å². The van der Waals surface area contributed by atoms with Crippen molar-refractivity contribution in [2.45, 2.75) is 94.5 Å². The van der Waals surface area contributed by atoms with E-state index in [1.54, 1.807) is 0 Å². The molecule has 0 bridgehead atoms. The number of esters is 2. The van der Waals surface area contributed by atoms with Gasteiger partial charge in [0, 0.05) is 13.0 Å². The standard InChI is InChI=1S/C28H49N8O15P/c29-11-3-1-6-15(24(41)35-16(8-5-13-33-28(31)32)25(42)36-17(26(43)44)7-2-4-12-30)34-19(38)9-10-20(39)49-18(14-37)22-21(40)23(27(45)50-22)51-52(46,47)48/h15-18,22,37,40H,1-14,29-30H2,(H,34,38)(H,35,41)(H,36,42)(H,43,44)(H4,31,32,33)(H2,46,47,48). The van der Waals surface area contributed by atoms with E-state index >= 15 is 0 Å². The van der Waals surface area contributed by atoms with E-state index in [-0.39, 0.29) is 44.7 Å². The normalized spacial score (nSPS) is 16.5. The number of nitrogens with one attached hydrogen (secondary N) is 3. The van der Waals surface area contributed by atoms with Crippen molar-refractivity contribution in [1.29, 1.82) is 0 Å². The third-order valence-corrected chi connectivity index (χ3v) is 7.65. The maximum absolute atomic E-state index is 13.4. The first-order valence-corrected chi connectivity index (χ1v) is 17.7. The Kier molecular flexibility index (Phi) is 20.2. The molecular weight excluding hydrogens is 719 g/mol. The summed E-state index contributed by atoms with van der Waals surface area (Å²) in [6.45, 7) is -0.351. The van der Waals surface area contributed by atoms with Crippen LogP contribution in [0.5, 0.6) is 0 Å². The molecule has 1 rings (SSSR count). The Balaban J connectivity index is 2.99. The third kappa shape index (κ3) is 17.1. The van der Waals surface area contributed by atoms with Crippen molar-refractivity contribution in [1.82, 2.24) is 16.0 Å². The highest BCUT2D eigenvalue weighted by Crippen LogP contribution is 2.42. The van der Waals surface area contributed by atoms with Crippen LogP contribution in [0.2, 0.25) is 0 Å². The highest BCUT2D eigenvalue weighted by atomic mass is 31.2. The lowest BCUT2D eigenvalue weighted by Gasteiger charge is -2.25. The average Bonchev–Trinajstić information content (AvgIpc) is 3.33. The molecular formula is C28H49N8O15P. The summed E-state index contributed by atoms with van der Waals surface area (Å²) in [5.41, 5.74) is 21.7. The second-order valence-electron chi connectivity index (χ2n) is 11.4. The van der Waals surface area contributed by atoms with Gasteiger partial charge in [-0.2, -0.15) is 0 Å². The maximum Gasteiger partial charge on any atom is 0.525 e. The number of hydrogen-bond acceptors (Lipinski definition) is 15. The second-order valence-corrected chi connectivity index (χ2v) is 12.6. The van der Waals surface area contributed by atoms with Crippen LogP contribution in [-0.4, -0.2) is 123 Å². The van der Waals surface area contributed by atoms with Gasteiger partial charge in [0.25, 0.3) is 5.76 Å². The quantitative estimate of drug-likeness (QED) is 0.0133. The maximum atomic E-state index is 13.4. The number of hydrogen-bond donors (Lipinski definition) is 12. The minimum Gasteiger partial charge on any atom is -0.505 e. The highest BCUT2D eigenvalue weighted by molar-refractivity contribution is 7.46. The fourth-order valence-electron chi connectivity index (χ4n) is 4.65. The van der Waals surface area contributed by atoms with E-state index in [0.717, 1.165) is 0 Å². The number of guanidine groups is 1. The number of ether oxygens (including phenoxy) is 2. The van der Waals surface area contributed by atoms with Gasteiger partial charge in [0.15, 0.2) is 17.8 Å². The van der Waals surface area contributed by atoms with Gasteiger partial charge in [-0.3, -0.25) is 34.0 Å². The summed E-state index contributed by atoms with van der Waals surface area (Å²) in [5.74, 6) is -8.96. The number of carbonyl (C=O) groups is 6. The van der Waals surface area contributed by atoms with Gasteiger partial charge in [-0.1, -0.05) is 0 Å². The molecule has 23 nitrogen and oxygen atoms in total. The molecule has 3 amide bonds. The van der Waals surface area contributed by atoms with Gasteiger partial charge in [0.1, 0.15) is 18.1 Å². The van der Waals surface area contributed by atoms with Gasteiger partial charge in [0.05, 0.1) is 13.0 Å². The van der Waals surface area contributed by atoms with Crippen LogP contribution in [0.15, 0.2) is 16.5 Å². The molecule has 0 saturated carbocycles. The molecule has 0 radical (unpaired) electrons. The topological polar surface area (TPSA) is 401 Å².